The Morgan fingerprint density at radius 1 is 1.15 bits per heavy atom. The maximum atomic E-state index is 13.4. The Bertz CT molecular complexity index is 1230. The topological polar surface area (TPSA) is 95.6 Å². The summed E-state index contributed by atoms with van der Waals surface area (Å²) in [6.07, 6.45) is 2.51. The normalized spacial score (nSPS) is 14.3. The van der Waals surface area contributed by atoms with Crippen molar-refractivity contribution >= 4 is 28.5 Å². The second-order valence-electron chi connectivity index (χ2n) is 8.77. The summed E-state index contributed by atoms with van der Waals surface area (Å²) in [6, 6.07) is 9.73. The maximum absolute atomic E-state index is 13.4. The molecule has 0 saturated carbocycles. The molecule has 1 fully saturated rings. The standard InChI is InChI=1S/C25H27FN4O4/c1-29(2)25(33)23(31)22-18-13-19(21(34-3)14-20(18)27-28-22)24(32)30-10-8-16(9-11-30)12-15-4-6-17(26)7-5-15/h4-7,13-14,16H,8-12H2,1-3H3,(H,27,28). The van der Waals surface area contributed by atoms with Crippen LogP contribution >= 0.6 is 0 Å². The fourth-order valence-corrected chi connectivity index (χ4v) is 4.32. The van der Waals surface area contributed by atoms with E-state index >= 15 is 0 Å². The highest BCUT2D eigenvalue weighted by atomic mass is 19.1. The first kappa shape index (κ1) is 23.4. The summed E-state index contributed by atoms with van der Waals surface area (Å²) in [5.41, 5.74) is 1.88. The molecule has 1 aromatic heterocycles. The van der Waals surface area contributed by atoms with Gasteiger partial charge in [0.05, 0.1) is 18.2 Å². The van der Waals surface area contributed by atoms with E-state index in [-0.39, 0.29) is 17.4 Å². The molecule has 2 aromatic carbocycles. The second kappa shape index (κ2) is 9.62. The molecule has 1 aliphatic heterocycles. The number of fused-ring (bicyclic) bond motifs is 1. The number of amides is 2. The van der Waals surface area contributed by atoms with Gasteiger partial charge in [0.25, 0.3) is 17.6 Å². The minimum Gasteiger partial charge on any atom is -0.496 e. The number of hydrogen-bond donors (Lipinski definition) is 1. The van der Waals surface area contributed by atoms with Gasteiger partial charge in [-0.3, -0.25) is 19.5 Å². The molecule has 0 atom stereocenters. The van der Waals surface area contributed by atoms with Crippen LogP contribution < -0.4 is 4.74 Å². The molecule has 1 N–H and O–H groups in total. The molecule has 0 spiro atoms. The number of aromatic nitrogens is 2. The van der Waals surface area contributed by atoms with E-state index in [1.54, 1.807) is 29.2 Å². The summed E-state index contributed by atoms with van der Waals surface area (Å²) in [6.45, 7) is 1.17. The average Bonchev–Trinajstić information content (AvgIpc) is 3.26. The summed E-state index contributed by atoms with van der Waals surface area (Å²) >= 11 is 0. The van der Waals surface area contributed by atoms with E-state index in [0.29, 0.717) is 41.2 Å². The Morgan fingerprint density at radius 2 is 1.82 bits per heavy atom. The molecule has 34 heavy (non-hydrogen) atoms. The fraction of sp³-hybridized carbons (Fsp3) is 0.360. The SMILES string of the molecule is COc1cc2[nH]nc(C(=O)C(=O)N(C)C)c2cc1C(=O)N1CCC(Cc2ccc(F)cc2)CC1. The highest BCUT2D eigenvalue weighted by Gasteiger charge is 2.28. The zero-order valence-electron chi connectivity index (χ0n) is 19.4. The number of rotatable bonds is 6. The molecule has 2 amide bonds. The van der Waals surface area contributed by atoms with E-state index in [1.807, 2.05) is 0 Å². The number of H-pyrrole nitrogens is 1. The quantitative estimate of drug-likeness (QED) is 0.445. The van der Waals surface area contributed by atoms with Crippen LogP contribution in [0.3, 0.4) is 0 Å². The molecule has 1 saturated heterocycles. The molecule has 1 aliphatic rings. The summed E-state index contributed by atoms with van der Waals surface area (Å²) in [5, 5.41) is 7.16. The number of ketones is 1. The predicted molar refractivity (Wildman–Crippen MR) is 124 cm³/mol. The van der Waals surface area contributed by atoms with Crippen molar-refractivity contribution in [1.82, 2.24) is 20.0 Å². The van der Waals surface area contributed by atoms with Gasteiger partial charge in [0.15, 0.2) is 0 Å². The zero-order chi connectivity index (χ0) is 24.4. The first-order valence-corrected chi connectivity index (χ1v) is 11.1. The molecule has 0 unspecified atom stereocenters. The van der Waals surface area contributed by atoms with Crippen LogP contribution in [0.2, 0.25) is 0 Å². The summed E-state index contributed by atoms with van der Waals surface area (Å²) in [5.74, 6) is -1.11. The predicted octanol–water partition coefficient (Wildman–Crippen LogP) is 3.08. The van der Waals surface area contributed by atoms with Crippen LogP contribution in [0.15, 0.2) is 36.4 Å². The largest absolute Gasteiger partial charge is 0.496 e. The van der Waals surface area contributed by atoms with Crippen LogP contribution in [0.1, 0.15) is 39.3 Å². The molecule has 9 heteroatoms. The summed E-state index contributed by atoms with van der Waals surface area (Å²) < 4.78 is 18.6. The Hall–Kier alpha value is -3.75. The van der Waals surface area contributed by atoms with E-state index in [1.165, 1.54) is 38.2 Å². The number of likely N-dealkylation sites (N-methyl/N-ethyl adjacent to an activating group) is 1. The third-order valence-corrected chi connectivity index (χ3v) is 6.27. The van der Waals surface area contributed by atoms with Crippen molar-refractivity contribution in [3.05, 3.63) is 59.0 Å². The lowest BCUT2D eigenvalue weighted by atomic mass is 9.90. The van der Waals surface area contributed by atoms with Crippen molar-refractivity contribution < 1.29 is 23.5 Å². The monoisotopic (exact) mass is 466 g/mol. The van der Waals surface area contributed by atoms with Crippen LogP contribution in [-0.4, -0.2) is 71.9 Å². The number of aromatic amines is 1. The molecule has 178 valence electrons. The number of ether oxygens (including phenoxy) is 1. The van der Waals surface area contributed by atoms with Crippen molar-refractivity contribution in [2.75, 3.05) is 34.3 Å². The molecule has 8 nitrogen and oxygen atoms in total. The summed E-state index contributed by atoms with van der Waals surface area (Å²) in [7, 11) is 4.46. The van der Waals surface area contributed by atoms with Gasteiger partial charge in [-0.1, -0.05) is 12.1 Å². The fourth-order valence-electron chi connectivity index (χ4n) is 4.32. The number of carbonyl (C=O) groups is 3. The maximum Gasteiger partial charge on any atom is 0.296 e. The minimum absolute atomic E-state index is 0.0246. The lowest BCUT2D eigenvalue weighted by Crippen LogP contribution is -2.39. The van der Waals surface area contributed by atoms with Crippen molar-refractivity contribution in [3.8, 4) is 5.75 Å². The van der Waals surface area contributed by atoms with E-state index in [4.69, 9.17) is 4.74 Å². The Morgan fingerprint density at radius 3 is 2.44 bits per heavy atom. The van der Waals surface area contributed by atoms with Crippen molar-refractivity contribution in [3.63, 3.8) is 0 Å². The highest BCUT2D eigenvalue weighted by Crippen LogP contribution is 2.30. The van der Waals surface area contributed by atoms with Gasteiger partial charge in [-0.25, -0.2) is 4.39 Å². The molecule has 0 aliphatic carbocycles. The smallest absolute Gasteiger partial charge is 0.296 e. The lowest BCUT2D eigenvalue weighted by Gasteiger charge is -2.32. The van der Waals surface area contributed by atoms with Crippen LogP contribution in [0.4, 0.5) is 4.39 Å². The number of nitrogens with one attached hydrogen (secondary N) is 1. The van der Waals surface area contributed by atoms with Gasteiger partial charge >= 0.3 is 0 Å². The number of carbonyl (C=O) groups excluding carboxylic acids is 3. The molecule has 4 rings (SSSR count). The van der Waals surface area contributed by atoms with E-state index in [2.05, 4.69) is 10.2 Å². The Kier molecular flexibility index (Phi) is 6.63. The second-order valence-corrected chi connectivity index (χ2v) is 8.77. The molecule has 2 heterocycles. The minimum atomic E-state index is -0.749. The van der Waals surface area contributed by atoms with Crippen molar-refractivity contribution in [1.29, 1.82) is 0 Å². The number of benzene rings is 2. The number of nitrogens with zero attached hydrogens (tertiary/aromatic N) is 3. The number of hydrogen-bond acceptors (Lipinski definition) is 5. The number of likely N-dealkylation sites (tertiary alicyclic amines) is 1. The van der Waals surface area contributed by atoms with Gasteiger partial charge < -0.3 is 14.5 Å². The van der Waals surface area contributed by atoms with Crippen LogP contribution in [0.5, 0.6) is 5.75 Å². The van der Waals surface area contributed by atoms with E-state index in [9.17, 15) is 18.8 Å². The van der Waals surface area contributed by atoms with E-state index < -0.39 is 11.7 Å². The number of methoxy groups -OCH3 is 1. The van der Waals surface area contributed by atoms with Crippen LogP contribution in [0, 0.1) is 11.7 Å². The lowest BCUT2D eigenvalue weighted by molar-refractivity contribution is -0.124. The van der Waals surface area contributed by atoms with Crippen LogP contribution in [-0.2, 0) is 11.2 Å². The zero-order valence-corrected chi connectivity index (χ0v) is 19.4. The first-order valence-electron chi connectivity index (χ1n) is 11.1. The number of halogens is 1. The highest BCUT2D eigenvalue weighted by molar-refractivity contribution is 6.44. The van der Waals surface area contributed by atoms with Gasteiger partial charge in [0.1, 0.15) is 17.3 Å². The molecule has 0 radical (unpaired) electrons. The number of piperidine rings is 1. The number of Topliss-reactive ketones (excluding diaryl/α,β-unsaturated/α-hetero) is 1. The van der Waals surface area contributed by atoms with Crippen LogP contribution in [0.25, 0.3) is 10.9 Å². The van der Waals surface area contributed by atoms with Gasteiger partial charge in [-0.2, -0.15) is 5.10 Å². The molecular weight excluding hydrogens is 439 g/mol. The third-order valence-electron chi connectivity index (χ3n) is 6.27. The Balaban J connectivity index is 1.52. The molecule has 0 bridgehead atoms. The third kappa shape index (κ3) is 4.64. The molecule has 3 aromatic rings. The van der Waals surface area contributed by atoms with E-state index in [0.717, 1.165) is 24.8 Å². The first-order chi connectivity index (χ1) is 16.3. The van der Waals surface area contributed by atoms with Gasteiger partial charge in [-0.05, 0) is 48.9 Å². The van der Waals surface area contributed by atoms with Gasteiger partial charge in [-0.15, -0.1) is 0 Å². The summed E-state index contributed by atoms with van der Waals surface area (Å²) in [4.78, 5) is 41.1. The van der Waals surface area contributed by atoms with Crippen molar-refractivity contribution in [2.24, 2.45) is 5.92 Å². The van der Waals surface area contributed by atoms with Gasteiger partial charge in [0, 0.05) is 38.6 Å². The van der Waals surface area contributed by atoms with Gasteiger partial charge in [0.2, 0.25) is 0 Å². The average molecular weight is 467 g/mol. The Labute approximate surface area is 196 Å². The molecular formula is C25H27FN4O4. The van der Waals surface area contributed by atoms with Crippen molar-refractivity contribution in [2.45, 2.75) is 19.3 Å².